The van der Waals surface area contributed by atoms with E-state index in [2.05, 4.69) is 13.8 Å². The number of rotatable bonds is 5. The van der Waals surface area contributed by atoms with Crippen LogP contribution in [0.5, 0.6) is 0 Å². The third-order valence-electron chi connectivity index (χ3n) is 9.60. The number of carbonyl (C=O) groups is 2. The number of alkyl halides is 2. The molecule has 4 aliphatic rings. The largest absolute Gasteiger partial charge is 0.393 e. The highest BCUT2D eigenvalue weighted by Gasteiger charge is 2.62. The Kier molecular flexibility index (Phi) is 6.15. The first-order valence-corrected chi connectivity index (χ1v) is 13.7. The molecule has 3 nitrogen and oxygen atoms in total. The summed E-state index contributed by atoms with van der Waals surface area (Å²) >= 11 is 1.33. The van der Waals surface area contributed by atoms with E-state index in [0.717, 1.165) is 38.2 Å². The summed E-state index contributed by atoms with van der Waals surface area (Å²) in [6.45, 7) is 5.23. The predicted molar refractivity (Wildman–Crippen MR) is 133 cm³/mol. The van der Waals surface area contributed by atoms with Crippen molar-refractivity contribution in [2.24, 2.45) is 34.5 Å². The molecule has 0 spiro atoms. The number of carbonyl (C=O) groups excluding carboxylic acids is 2. The zero-order valence-corrected chi connectivity index (χ0v) is 21.4. The van der Waals surface area contributed by atoms with E-state index < -0.39 is 12.0 Å². The van der Waals surface area contributed by atoms with Gasteiger partial charge in [0.2, 0.25) is 0 Å². The van der Waals surface area contributed by atoms with E-state index in [4.69, 9.17) is 0 Å². The van der Waals surface area contributed by atoms with Crippen LogP contribution >= 0.6 is 11.8 Å². The molecule has 0 heterocycles. The van der Waals surface area contributed by atoms with E-state index in [1.807, 2.05) is 6.08 Å². The molecule has 3 saturated carbocycles. The van der Waals surface area contributed by atoms with E-state index in [0.29, 0.717) is 23.2 Å². The van der Waals surface area contributed by atoms with E-state index in [9.17, 15) is 23.5 Å². The summed E-state index contributed by atoms with van der Waals surface area (Å²) in [4.78, 5) is 26.1. The molecule has 5 rings (SSSR count). The average molecular weight is 501 g/mol. The van der Waals surface area contributed by atoms with Crippen molar-refractivity contribution in [2.75, 3.05) is 5.75 Å². The van der Waals surface area contributed by atoms with E-state index in [1.54, 1.807) is 24.3 Å². The second-order valence-electron chi connectivity index (χ2n) is 11.6. The summed E-state index contributed by atoms with van der Waals surface area (Å²) in [6.07, 6.45) is 9.07. The average Bonchev–Trinajstić information content (AvgIpc) is 3.14. The molecule has 4 aliphatic carbocycles. The minimum Gasteiger partial charge on any atom is -0.393 e. The van der Waals surface area contributed by atoms with Gasteiger partial charge in [0.25, 0.3) is 5.92 Å². The summed E-state index contributed by atoms with van der Waals surface area (Å²) in [5, 5.41) is 11.5. The SMILES string of the molecule is CC(F)(F)c1cccc(SCC(=O)C2CCC3C4CCC5=CC(=O)C=CC5(C)C4C(O)CC23C)c1. The van der Waals surface area contributed by atoms with Crippen molar-refractivity contribution in [3.05, 3.63) is 53.6 Å². The van der Waals surface area contributed by atoms with Gasteiger partial charge in [-0.15, -0.1) is 11.8 Å². The van der Waals surface area contributed by atoms with Gasteiger partial charge in [-0.2, -0.15) is 0 Å². The topological polar surface area (TPSA) is 54.4 Å². The Morgan fingerprint density at radius 2 is 2.00 bits per heavy atom. The number of hydrogen-bond donors (Lipinski definition) is 1. The molecule has 7 unspecified atom stereocenters. The van der Waals surface area contributed by atoms with Crippen LogP contribution in [0.15, 0.2) is 53.0 Å². The summed E-state index contributed by atoms with van der Waals surface area (Å²) in [5.41, 5.74) is 0.530. The van der Waals surface area contributed by atoms with Gasteiger partial charge in [0, 0.05) is 34.6 Å². The van der Waals surface area contributed by atoms with Crippen molar-refractivity contribution in [3.63, 3.8) is 0 Å². The van der Waals surface area contributed by atoms with Gasteiger partial charge in [0.1, 0.15) is 5.78 Å². The maximum absolute atomic E-state index is 13.7. The van der Waals surface area contributed by atoms with Gasteiger partial charge in [-0.05, 0) is 73.6 Å². The number of ketones is 2. The second kappa shape index (κ2) is 8.65. The number of halogens is 2. The Bertz CT molecular complexity index is 1110. The van der Waals surface area contributed by atoms with Gasteiger partial charge >= 0.3 is 0 Å². The molecule has 6 heteroatoms. The predicted octanol–water partition coefficient (Wildman–Crippen LogP) is 6.35. The maximum atomic E-state index is 13.7. The highest BCUT2D eigenvalue weighted by Crippen LogP contribution is 2.66. The van der Waals surface area contributed by atoms with Crippen LogP contribution in [0.4, 0.5) is 8.78 Å². The molecule has 1 aromatic rings. The van der Waals surface area contributed by atoms with Crippen LogP contribution < -0.4 is 0 Å². The zero-order chi connectivity index (χ0) is 25.2. The number of fused-ring (bicyclic) bond motifs is 5. The lowest BCUT2D eigenvalue weighted by molar-refractivity contribution is -0.137. The smallest absolute Gasteiger partial charge is 0.270 e. The Morgan fingerprint density at radius 1 is 1.23 bits per heavy atom. The van der Waals surface area contributed by atoms with E-state index in [1.165, 1.54) is 23.9 Å². The number of aliphatic hydroxyl groups is 1. The van der Waals surface area contributed by atoms with Crippen LogP contribution in [0.3, 0.4) is 0 Å². The van der Waals surface area contributed by atoms with Crippen LogP contribution in [-0.2, 0) is 15.5 Å². The number of allylic oxidation sites excluding steroid dienone is 4. The Labute approximate surface area is 210 Å². The van der Waals surface area contributed by atoms with Gasteiger partial charge in [-0.25, -0.2) is 8.78 Å². The zero-order valence-electron chi connectivity index (χ0n) is 20.6. The summed E-state index contributed by atoms with van der Waals surface area (Å²) in [5.74, 6) is -1.85. The minimum absolute atomic E-state index is 0.0308. The molecule has 0 bridgehead atoms. The second-order valence-corrected chi connectivity index (χ2v) is 12.6. The van der Waals surface area contributed by atoms with Crippen LogP contribution in [0.25, 0.3) is 0 Å². The highest BCUT2D eigenvalue weighted by molar-refractivity contribution is 8.00. The first kappa shape index (κ1) is 24.9. The fraction of sp³-hybridized carbons (Fsp3) is 0.586. The van der Waals surface area contributed by atoms with Crippen molar-refractivity contribution in [3.8, 4) is 0 Å². The number of aliphatic hydroxyl groups excluding tert-OH is 1. The third-order valence-corrected chi connectivity index (χ3v) is 10.6. The monoisotopic (exact) mass is 500 g/mol. The lowest BCUT2D eigenvalue weighted by Gasteiger charge is -2.58. The Morgan fingerprint density at radius 3 is 2.74 bits per heavy atom. The van der Waals surface area contributed by atoms with Crippen molar-refractivity contribution >= 4 is 23.3 Å². The number of Topliss-reactive ketones (excluding diaryl/α,β-unsaturated/α-hetero) is 1. The molecule has 188 valence electrons. The van der Waals surface area contributed by atoms with Gasteiger partial charge < -0.3 is 5.11 Å². The van der Waals surface area contributed by atoms with Gasteiger partial charge in [0.15, 0.2) is 5.78 Å². The molecule has 0 aromatic heterocycles. The number of thioether (sulfide) groups is 1. The summed E-state index contributed by atoms with van der Waals surface area (Å²) in [6, 6.07) is 6.28. The molecule has 0 saturated heterocycles. The molecular weight excluding hydrogens is 466 g/mol. The Hall–Kier alpha value is -1.79. The lowest BCUT2D eigenvalue weighted by atomic mass is 9.46. The van der Waals surface area contributed by atoms with Gasteiger partial charge in [-0.1, -0.05) is 37.6 Å². The first-order chi connectivity index (χ1) is 16.4. The molecule has 3 fully saturated rings. The fourth-order valence-electron chi connectivity index (χ4n) is 7.97. The fourth-order valence-corrected chi connectivity index (χ4v) is 8.86. The van der Waals surface area contributed by atoms with E-state index in [-0.39, 0.29) is 45.5 Å². The molecule has 0 amide bonds. The van der Waals surface area contributed by atoms with Crippen LogP contribution in [-0.4, -0.2) is 28.5 Å². The summed E-state index contributed by atoms with van der Waals surface area (Å²) < 4.78 is 27.4. The molecule has 1 N–H and O–H groups in total. The summed E-state index contributed by atoms with van der Waals surface area (Å²) in [7, 11) is 0. The Balaban J connectivity index is 1.33. The van der Waals surface area contributed by atoms with Crippen molar-refractivity contribution < 1.29 is 23.5 Å². The highest BCUT2D eigenvalue weighted by atomic mass is 32.2. The van der Waals surface area contributed by atoms with Crippen LogP contribution in [0.2, 0.25) is 0 Å². The minimum atomic E-state index is -2.91. The van der Waals surface area contributed by atoms with Crippen molar-refractivity contribution in [1.29, 1.82) is 0 Å². The molecule has 0 aliphatic heterocycles. The number of hydrogen-bond acceptors (Lipinski definition) is 4. The van der Waals surface area contributed by atoms with Crippen LogP contribution in [0.1, 0.15) is 58.4 Å². The first-order valence-electron chi connectivity index (χ1n) is 12.7. The van der Waals surface area contributed by atoms with Gasteiger partial charge in [0.05, 0.1) is 11.9 Å². The molecule has 35 heavy (non-hydrogen) atoms. The van der Waals surface area contributed by atoms with Crippen LogP contribution in [0, 0.1) is 34.5 Å². The molecule has 7 atom stereocenters. The van der Waals surface area contributed by atoms with Gasteiger partial charge in [-0.3, -0.25) is 9.59 Å². The van der Waals surface area contributed by atoms with Crippen molar-refractivity contribution in [2.45, 2.75) is 69.8 Å². The maximum Gasteiger partial charge on any atom is 0.270 e. The molecule has 0 radical (unpaired) electrons. The van der Waals surface area contributed by atoms with E-state index >= 15 is 0 Å². The molecular formula is C29H34F2O3S. The standard InChI is InChI=1S/C29H34F2O3S/c1-27-12-11-19(32)13-17(27)7-8-21-22-9-10-23(28(22,2)15-24(33)26(21)27)25(34)16-35-20-6-4-5-18(14-20)29(3,30)31/h4-6,11-14,21-24,26,33H,7-10,15-16H2,1-3H3. The lowest BCUT2D eigenvalue weighted by Crippen LogP contribution is -2.56. The quantitative estimate of drug-likeness (QED) is 0.479. The number of benzene rings is 1. The third kappa shape index (κ3) is 4.15. The normalized spacial score (nSPS) is 38.4. The van der Waals surface area contributed by atoms with Crippen molar-refractivity contribution in [1.82, 2.24) is 0 Å². The molecule has 1 aromatic carbocycles.